The van der Waals surface area contributed by atoms with Gasteiger partial charge in [-0.3, -0.25) is 9.59 Å². The Morgan fingerprint density at radius 2 is 1.77 bits per heavy atom. The maximum Gasteiger partial charge on any atom is 0.264 e. The summed E-state index contributed by atoms with van der Waals surface area (Å²) < 4.78 is 44.8. The number of benzene rings is 3. The molecule has 0 aliphatic carbocycles. The predicted octanol–water partition coefficient (Wildman–Crippen LogP) is 4.65. The highest BCUT2D eigenvalue weighted by atomic mass is 19.1. The zero-order chi connectivity index (χ0) is 24.5. The molecule has 0 saturated carbocycles. The molecule has 0 spiro atoms. The lowest BCUT2D eigenvalue weighted by atomic mass is 10.1. The molecule has 0 bridgehead atoms. The molecule has 1 N–H and O–H groups in total. The molecule has 5 rings (SSSR count). The zero-order valence-corrected chi connectivity index (χ0v) is 18.8. The van der Waals surface area contributed by atoms with Crippen LogP contribution in [0, 0.1) is 11.6 Å². The number of halogens is 2. The van der Waals surface area contributed by atoms with Crippen LogP contribution in [-0.4, -0.2) is 29.6 Å². The van der Waals surface area contributed by atoms with Gasteiger partial charge in [-0.05, 0) is 54.4 Å². The highest BCUT2D eigenvalue weighted by Crippen LogP contribution is 2.34. The topological polar surface area (TPSA) is 77.1 Å². The van der Waals surface area contributed by atoms with Crippen LogP contribution in [0.25, 0.3) is 0 Å². The van der Waals surface area contributed by atoms with E-state index in [-0.39, 0.29) is 19.2 Å². The van der Waals surface area contributed by atoms with E-state index in [9.17, 15) is 18.4 Å². The van der Waals surface area contributed by atoms with Gasteiger partial charge in [-0.25, -0.2) is 8.78 Å². The van der Waals surface area contributed by atoms with Crippen LogP contribution in [0.2, 0.25) is 0 Å². The first-order valence-corrected chi connectivity index (χ1v) is 11.1. The number of carbonyl (C=O) groups excluding carboxylic acids is 2. The van der Waals surface area contributed by atoms with Crippen molar-refractivity contribution in [2.75, 3.05) is 12.1 Å². The molecule has 0 radical (unpaired) electrons. The summed E-state index contributed by atoms with van der Waals surface area (Å²) in [5.74, 6) is -1.19. The Labute approximate surface area is 200 Å². The van der Waals surface area contributed by atoms with E-state index in [0.717, 1.165) is 17.7 Å². The first-order valence-electron chi connectivity index (χ1n) is 11.1. The van der Waals surface area contributed by atoms with Crippen molar-refractivity contribution in [3.8, 4) is 17.2 Å². The van der Waals surface area contributed by atoms with Crippen LogP contribution in [0.3, 0.4) is 0 Å². The third-order valence-corrected chi connectivity index (χ3v) is 5.91. The Balaban J connectivity index is 1.41. The molecule has 0 aromatic heterocycles. The first-order chi connectivity index (χ1) is 16.9. The molecule has 0 saturated heterocycles. The Morgan fingerprint density at radius 3 is 2.54 bits per heavy atom. The number of anilines is 1. The summed E-state index contributed by atoms with van der Waals surface area (Å²) in [5.41, 5.74) is 1.18. The molecule has 1 atom stereocenters. The van der Waals surface area contributed by atoms with Crippen molar-refractivity contribution in [3.05, 3.63) is 82.9 Å². The average Bonchev–Trinajstić information content (AvgIpc) is 3.25. The van der Waals surface area contributed by atoms with Crippen LogP contribution >= 0.6 is 0 Å². The number of amides is 2. The van der Waals surface area contributed by atoms with E-state index in [1.54, 1.807) is 29.2 Å². The van der Waals surface area contributed by atoms with Gasteiger partial charge in [0.1, 0.15) is 22.9 Å². The summed E-state index contributed by atoms with van der Waals surface area (Å²) in [5, 5.41) is 2.53. The summed E-state index contributed by atoms with van der Waals surface area (Å²) in [6.07, 6.45) is -0.195. The minimum absolute atomic E-state index is 0.159. The van der Waals surface area contributed by atoms with Crippen molar-refractivity contribution in [2.24, 2.45) is 0 Å². The minimum Gasteiger partial charge on any atom is -0.480 e. The summed E-state index contributed by atoms with van der Waals surface area (Å²) in [7, 11) is 0. The molecule has 180 valence electrons. The van der Waals surface area contributed by atoms with Crippen LogP contribution < -0.4 is 19.5 Å². The Kier molecular flexibility index (Phi) is 5.98. The normalized spacial score (nSPS) is 16.4. The third-order valence-electron chi connectivity index (χ3n) is 5.91. The van der Waals surface area contributed by atoms with Crippen LogP contribution in [-0.2, 0) is 17.9 Å². The molecular formula is C26H22F2N2O5. The van der Waals surface area contributed by atoms with Gasteiger partial charge in [0.2, 0.25) is 6.79 Å². The molecule has 9 heteroatoms. The van der Waals surface area contributed by atoms with Gasteiger partial charge in [0, 0.05) is 24.3 Å². The maximum atomic E-state index is 14.0. The van der Waals surface area contributed by atoms with Gasteiger partial charge in [-0.2, -0.15) is 0 Å². The van der Waals surface area contributed by atoms with Gasteiger partial charge >= 0.3 is 0 Å². The third kappa shape index (κ3) is 4.49. The monoisotopic (exact) mass is 480 g/mol. The van der Waals surface area contributed by atoms with Crippen molar-refractivity contribution in [1.82, 2.24) is 4.90 Å². The second-order valence-electron chi connectivity index (χ2n) is 8.27. The Hall–Kier alpha value is -4.14. The minimum atomic E-state index is -0.952. The lowest BCUT2D eigenvalue weighted by Crippen LogP contribution is -2.38. The fourth-order valence-electron chi connectivity index (χ4n) is 4.15. The molecule has 2 aliphatic heterocycles. The van der Waals surface area contributed by atoms with Crippen molar-refractivity contribution in [3.63, 3.8) is 0 Å². The lowest BCUT2D eigenvalue weighted by Gasteiger charge is -2.23. The average molecular weight is 480 g/mol. The van der Waals surface area contributed by atoms with Crippen molar-refractivity contribution >= 4 is 17.5 Å². The number of nitrogens with one attached hydrogen (secondary N) is 1. The predicted molar refractivity (Wildman–Crippen MR) is 122 cm³/mol. The summed E-state index contributed by atoms with van der Waals surface area (Å²) >= 11 is 0. The molecule has 0 fully saturated rings. The van der Waals surface area contributed by atoms with Gasteiger partial charge < -0.3 is 24.4 Å². The number of carbonyl (C=O) groups is 2. The number of hydrogen-bond donors (Lipinski definition) is 1. The van der Waals surface area contributed by atoms with Crippen molar-refractivity contribution in [2.45, 2.75) is 32.5 Å². The molecule has 2 heterocycles. The van der Waals surface area contributed by atoms with E-state index in [2.05, 4.69) is 5.32 Å². The quantitative estimate of drug-likeness (QED) is 0.576. The standard InChI is InChI=1S/C26H22F2N2O5/c1-2-20-26(32)30(12-15-6-8-22-23(10-15)34-14-33-22)13-16-11-17(7-9-21(16)35-20)29-25(31)24-18(27)4-3-5-19(24)28/h3-11,20H,2,12-14H2,1H3,(H,29,31). The first kappa shape index (κ1) is 22.6. The fourth-order valence-corrected chi connectivity index (χ4v) is 4.15. The molecule has 3 aromatic rings. The van der Waals surface area contributed by atoms with Crippen LogP contribution in [0.15, 0.2) is 54.6 Å². The van der Waals surface area contributed by atoms with Gasteiger partial charge in [-0.15, -0.1) is 0 Å². The number of hydrogen-bond acceptors (Lipinski definition) is 5. The highest BCUT2D eigenvalue weighted by Gasteiger charge is 2.30. The number of fused-ring (bicyclic) bond motifs is 2. The van der Waals surface area contributed by atoms with Gasteiger partial charge in [0.25, 0.3) is 11.8 Å². The van der Waals surface area contributed by atoms with Crippen LogP contribution in [0.1, 0.15) is 34.8 Å². The molecule has 1 unspecified atom stereocenters. The molecule has 2 aliphatic rings. The lowest BCUT2D eigenvalue weighted by molar-refractivity contribution is -0.139. The van der Waals surface area contributed by atoms with E-state index in [0.29, 0.717) is 41.5 Å². The molecular weight excluding hydrogens is 458 g/mol. The van der Waals surface area contributed by atoms with Gasteiger partial charge in [0.05, 0.1) is 0 Å². The highest BCUT2D eigenvalue weighted by molar-refractivity contribution is 6.04. The van der Waals surface area contributed by atoms with E-state index in [1.807, 2.05) is 19.1 Å². The molecule has 35 heavy (non-hydrogen) atoms. The summed E-state index contributed by atoms with van der Waals surface area (Å²) in [4.78, 5) is 27.4. The summed E-state index contributed by atoms with van der Waals surface area (Å²) in [6.45, 7) is 2.55. The molecule has 2 amide bonds. The van der Waals surface area contributed by atoms with E-state index >= 15 is 0 Å². The number of ether oxygens (including phenoxy) is 3. The Morgan fingerprint density at radius 1 is 1.03 bits per heavy atom. The number of rotatable bonds is 5. The smallest absolute Gasteiger partial charge is 0.264 e. The zero-order valence-electron chi connectivity index (χ0n) is 18.8. The largest absolute Gasteiger partial charge is 0.480 e. The summed E-state index contributed by atoms with van der Waals surface area (Å²) in [6, 6.07) is 13.6. The molecule has 7 nitrogen and oxygen atoms in total. The van der Waals surface area contributed by atoms with E-state index in [1.165, 1.54) is 6.07 Å². The van der Waals surface area contributed by atoms with E-state index < -0.39 is 29.2 Å². The SMILES string of the molecule is CCC1Oc2ccc(NC(=O)c3c(F)cccc3F)cc2CN(Cc2ccc3c(c2)OCO3)C1=O. The maximum absolute atomic E-state index is 14.0. The van der Waals surface area contributed by atoms with E-state index in [4.69, 9.17) is 14.2 Å². The fraction of sp³-hybridized carbons (Fsp3) is 0.231. The van der Waals surface area contributed by atoms with Gasteiger partial charge in [-0.1, -0.05) is 19.1 Å². The van der Waals surface area contributed by atoms with Crippen molar-refractivity contribution < 1.29 is 32.6 Å². The van der Waals surface area contributed by atoms with Crippen molar-refractivity contribution in [1.29, 1.82) is 0 Å². The van der Waals surface area contributed by atoms with Gasteiger partial charge in [0.15, 0.2) is 17.6 Å². The number of nitrogens with zero attached hydrogens (tertiary/aromatic N) is 1. The molecule has 3 aromatic carbocycles. The van der Waals surface area contributed by atoms with Crippen LogP contribution in [0.4, 0.5) is 14.5 Å². The second-order valence-corrected chi connectivity index (χ2v) is 8.27. The second kappa shape index (κ2) is 9.25. The van der Waals surface area contributed by atoms with Crippen LogP contribution in [0.5, 0.6) is 17.2 Å². The Bertz CT molecular complexity index is 1290.